The van der Waals surface area contributed by atoms with E-state index >= 15 is 0 Å². The number of halogens is 1. The average molecular weight is 372 g/mol. The molecule has 26 heavy (non-hydrogen) atoms. The third-order valence-electron chi connectivity index (χ3n) is 4.75. The van der Waals surface area contributed by atoms with E-state index in [4.69, 9.17) is 0 Å². The highest BCUT2D eigenvalue weighted by Gasteiger charge is 2.27. The molecular formula is C19H17FN2O3S. The summed E-state index contributed by atoms with van der Waals surface area (Å²) >= 11 is 1.46. The Labute approximate surface area is 152 Å². The second-order valence-electron chi connectivity index (χ2n) is 6.70. The number of pyridine rings is 1. The van der Waals surface area contributed by atoms with Crippen LogP contribution in [0.1, 0.15) is 34.1 Å². The normalized spacial score (nSPS) is 16.5. The van der Waals surface area contributed by atoms with E-state index in [1.807, 2.05) is 0 Å². The Morgan fingerprint density at radius 2 is 2.23 bits per heavy atom. The summed E-state index contributed by atoms with van der Waals surface area (Å²) in [5.41, 5.74) is 0.225. The molecule has 5 nitrogen and oxygen atoms in total. The quantitative estimate of drug-likeness (QED) is 0.640. The van der Waals surface area contributed by atoms with Crippen LogP contribution in [-0.4, -0.2) is 16.0 Å². The van der Waals surface area contributed by atoms with E-state index in [1.165, 1.54) is 29.5 Å². The highest BCUT2D eigenvalue weighted by atomic mass is 32.1. The topological polar surface area (TPSA) is 82.2 Å². The first-order valence-electron chi connectivity index (χ1n) is 8.40. The summed E-state index contributed by atoms with van der Waals surface area (Å²) in [6.45, 7) is 2.17. The van der Waals surface area contributed by atoms with Gasteiger partial charge in [0.25, 0.3) is 11.5 Å². The Balaban J connectivity index is 1.80. The molecule has 0 saturated heterocycles. The fourth-order valence-electron chi connectivity index (χ4n) is 3.46. The van der Waals surface area contributed by atoms with Crippen LogP contribution >= 0.6 is 11.3 Å². The van der Waals surface area contributed by atoms with Crippen LogP contribution in [0.15, 0.2) is 29.1 Å². The van der Waals surface area contributed by atoms with Gasteiger partial charge in [0.2, 0.25) is 0 Å². The molecule has 0 fully saturated rings. The molecule has 2 heterocycles. The van der Waals surface area contributed by atoms with Gasteiger partial charge in [-0.15, -0.1) is 11.3 Å². The van der Waals surface area contributed by atoms with Crippen LogP contribution in [0, 0.1) is 11.7 Å². The number of rotatable bonds is 2. The van der Waals surface area contributed by atoms with Crippen LogP contribution in [-0.2, 0) is 12.8 Å². The van der Waals surface area contributed by atoms with Gasteiger partial charge >= 0.3 is 0 Å². The number of hydrogen-bond donors (Lipinski definition) is 3. The number of nitrogens with one attached hydrogen (secondary N) is 2. The van der Waals surface area contributed by atoms with E-state index in [1.54, 1.807) is 0 Å². The molecule has 7 heteroatoms. The SMILES string of the molecule is C[C@H]1CCc2c(sc3[nH]c(=O)c(C(=O)Nc4cccc(F)c4)c(O)c23)C1. The third-order valence-corrected chi connectivity index (χ3v) is 5.92. The minimum Gasteiger partial charge on any atom is -0.506 e. The minimum absolute atomic E-state index is 0.218. The van der Waals surface area contributed by atoms with Gasteiger partial charge in [-0.1, -0.05) is 13.0 Å². The van der Waals surface area contributed by atoms with Crippen LogP contribution in [0.4, 0.5) is 10.1 Å². The fraction of sp³-hybridized carbons (Fsp3) is 0.263. The van der Waals surface area contributed by atoms with E-state index in [0.717, 1.165) is 35.8 Å². The first-order chi connectivity index (χ1) is 12.4. The van der Waals surface area contributed by atoms with Gasteiger partial charge in [-0.05, 0) is 48.9 Å². The number of aromatic nitrogens is 1. The predicted octanol–water partition coefficient (Wildman–Crippen LogP) is 3.81. The highest BCUT2D eigenvalue weighted by Crippen LogP contribution is 2.41. The van der Waals surface area contributed by atoms with E-state index in [9.17, 15) is 19.1 Å². The monoisotopic (exact) mass is 372 g/mol. The molecule has 0 bridgehead atoms. The third kappa shape index (κ3) is 2.78. The number of aromatic amines is 1. The molecule has 1 aromatic carbocycles. The number of carbonyl (C=O) groups is 1. The maximum Gasteiger partial charge on any atom is 0.265 e. The molecule has 1 atom stereocenters. The van der Waals surface area contributed by atoms with E-state index in [-0.39, 0.29) is 17.0 Å². The van der Waals surface area contributed by atoms with Crippen molar-refractivity contribution >= 4 is 33.1 Å². The molecule has 134 valence electrons. The summed E-state index contributed by atoms with van der Waals surface area (Å²) < 4.78 is 13.3. The average Bonchev–Trinajstić information content (AvgIpc) is 2.91. The first-order valence-corrected chi connectivity index (χ1v) is 9.22. The van der Waals surface area contributed by atoms with E-state index in [0.29, 0.717) is 16.1 Å². The fourth-order valence-corrected chi connectivity index (χ4v) is 4.87. The molecule has 1 amide bonds. The molecule has 0 spiro atoms. The van der Waals surface area contributed by atoms with Crippen molar-refractivity contribution in [2.24, 2.45) is 5.92 Å². The maximum atomic E-state index is 13.3. The molecule has 0 radical (unpaired) electrons. The zero-order valence-electron chi connectivity index (χ0n) is 14.1. The number of aryl methyl sites for hydroxylation is 1. The van der Waals surface area contributed by atoms with Gasteiger partial charge in [0.15, 0.2) is 0 Å². The van der Waals surface area contributed by atoms with Gasteiger partial charge in [0, 0.05) is 10.6 Å². The Morgan fingerprint density at radius 1 is 1.42 bits per heavy atom. The number of benzene rings is 1. The summed E-state index contributed by atoms with van der Waals surface area (Å²) in [4.78, 5) is 29.4. The van der Waals surface area contributed by atoms with Crippen LogP contribution in [0.25, 0.3) is 10.2 Å². The van der Waals surface area contributed by atoms with Gasteiger partial charge in [-0.25, -0.2) is 4.39 Å². The number of amides is 1. The van der Waals surface area contributed by atoms with Crippen LogP contribution in [0.5, 0.6) is 5.75 Å². The van der Waals surface area contributed by atoms with Crippen molar-refractivity contribution in [3.8, 4) is 5.75 Å². The van der Waals surface area contributed by atoms with Crippen molar-refractivity contribution in [2.45, 2.75) is 26.2 Å². The van der Waals surface area contributed by atoms with Gasteiger partial charge in [0.1, 0.15) is 22.0 Å². The zero-order valence-corrected chi connectivity index (χ0v) is 14.9. The lowest BCUT2D eigenvalue weighted by Gasteiger charge is -2.18. The summed E-state index contributed by atoms with van der Waals surface area (Å²) in [5.74, 6) is -1.01. The lowest BCUT2D eigenvalue weighted by atomic mass is 9.89. The lowest BCUT2D eigenvalue weighted by molar-refractivity contribution is 0.102. The van der Waals surface area contributed by atoms with Crippen molar-refractivity contribution in [3.05, 3.63) is 56.4 Å². The van der Waals surface area contributed by atoms with E-state index < -0.39 is 17.3 Å². The van der Waals surface area contributed by atoms with Crippen molar-refractivity contribution in [3.63, 3.8) is 0 Å². The largest absolute Gasteiger partial charge is 0.506 e. The van der Waals surface area contributed by atoms with Gasteiger partial charge in [0.05, 0.1) is 5.39 Å². The molecule has 0 unspecified atom stereocenters. The second kappa shape index (κ2) is 6.25. The zero-order chi connectivity index (χ0) is 18.4. The molecule has 1 aliphatic rings. The van der Waals surface area contributed by atoms with Crippen molar-refractivity contribution in [1.82, 2.24) is 4.98 Å². The molecule has 2 aromatic heterocycles. The van der Waals surface area contributed by atoms with Crippen molar-refractivity contribution in [2.75, 3.05) is 5.32 Å². The minimum atomic E-state index is -0.764. The van der Waals surface area contributed by atoms with Crippen LogP contribution in [0.3, 0.4) is 0 Å². The number of carbonyl (C=O) groups excluding carboxylic acids is 1. The summed E-state index contributed by atoms with van der Waals surface area (Å²) in [5, 5.41) is 13.7. The number of aromatic hydroxyl groups is 1. The molecule has 0 aliphatic heterocycles. The smallest absolute Gasteiger partial charge is 0.265 e. The molecule has 1 aliphatic carbocycles. The Kier molecular flexibility index (Phi) is 4.03. The van der Waals surface area contributed by atoms with Crippen molar-refractivity contribution in [1.29, 1.82) is 0 Å². The summed E-state index contributed by atoms with van der Waals surface area (Å²) in [7, 11) is 0. The molecular weight excluding hydrogens is 355 g/mol. The summed E-state index contributed by atoms with van der Waals surface area (Å²) in [6, 6.07) is 5.37. The van der Waals surface area contributed by atoms with Gasteiger partial charge < -0.3 is 15.4 Å². The molecule has 4 rings (SSSR count). The second-order valence-corrected chi connectivity index (χ2v) is 7.80. The van der Waals surface area contributed by atoms with Gasteiger partial charge in [-0.2, -0.15) is 0 Å². The molecule has 3 N–H and O–H groups in total. The number of H-pyrrole nitrogens is 1. The Hall–Kier alpha value is -2.67. The number of thiophene rings is 1. The molecule has 0 saturated carbocycles. The number of anilines is 1. The van der Waals surface area contributed by atoms with Crippen molar-refractivity contribution < 1.29 is 14.3 Å². The maximum absolute atomic E-state index is 13.3. The van der Waals surface area contributed by atoms with E-state index in [2.05, 4.69) is 17.2 Å². The first kappa shape index (κ1) is 16.8. The number of fused-ring (bicyclic) bond motifs is 3. The number of hydrogen-bond acceptors (Lipinski definition) is 4. The molecule has 3 aromatic rings. The van der Waals surface area contributed by atoms with Crippen LogP contribution in [0.2, 0.25) is 0 Å². The lowest BCUT2D eigenvalue weighted by Crippen LogP contribution is -2.23. The Bertz CT molecular complexity index is 1090. The Morgan fingerprint density at radius 3 is 3.00 bits per heavy atom. The highest BCUT2D eigenvalue weighted by molar-refractivity contribution is 7.18. The summed E-state index contributed by atoms with van der Waals surface area (Å²) in [6.07, 6.45) is 2.71. The van der Waals surface area contributed by atoms with Crippen LogP contribution < -0.4 is 10.9 Å². The van der Waals surface area contributed by atoms with Gasteiger partial charge in [-0.3, -0.25) is 9.59 Å². The standard InChI is InChI=1S/C19H17FN2O3S/c1-9-5-6-12-13(7-9)26-19-14(12)16(23)15(18(25)22-19)17(24)21-11-4-2-3-10(20)8-11/h2-4,8-9H,5-7H2,1H3,(H,21,24)(H2,22,23,25)/t9-/m0/s1. The predicted molar refractivity (Wildman–Crippen MR) is 99.7 cm³/mol.